The Balaban J connectivity index is 2.22. The average molecular weight is 268 g/mol. The molecule has 0 aliphatic carbocycles. The number of hydrogen-bond donors (Lipinski definition) is 2. The Morgan fingerprint density at radius 1 is 1.33 bits per heavy atom. The predicted octanol–water partition coefficient (Wildman–Crippen LogP) is 1.67. The predicted molar refractivity (Wildman–Crippen MR) is 80.4 cm³/mol. The van der Waals surface area contributed by atoms with E-state index in [-0.39, 0.29) is 0 Å². The van der Waals surface area contributed by atoms with Gasteiger partial charge in [0.05, 0.1) is 6.54 Å². The number of guanidine groups is 1. The monoisotopic (exact) mass is 268 g/mol. The topological polar surface area (TPSA) is 39.7 Å². The van der Waals surface area contributed by atoms with Crippen LogP contribution < -0.4 is 10.6 Å². The van der Waals surface area contributed by atoms with Gasteiger partial charge in [-0.2, -0.15) is 0 Å². The molecular weight excluding hydrogens is 244 g/mol. The fraction of sp³-hybridized carbons (Fsp3) is 0.615. The van der Waals surface area contributed by atoms with E-state index < -0.39 is 0 Å². The van der Waals surface area contributed by atoms with Gasteiger partial charge < -0.3 is 15.5 Å². The van der Waals surface area contributed by atoms with Gasteiger partial charge in [0.1, 0.15) is 0 Å². The lowest BCUT2D eigenvalue weighted by Crippen LogP contribution is -2.37. The van der Waals surface area contributed by atoms with Gasteiger partial charge in [-0.25, -0.2) is 0 Å². The summed E-state index contributed by atoms with van der Waals surface area (Å²) >= 11 is 1.82. The highest BCUT2D eigenvalue weighted by Crippen LogP contribution is 2.14. The summed E-state index contributed by atoms with van der Waals surface area (Å²) in [5, 5.41) is 6.64. The number of thiophene rings is 1. The van der Waals surface area contributed by atoms with Crippen LogP contribution in [-0.2, 0) is 6.54 Å². The summed E-state index contributed by atoms with van der Waals surface area (Å²) in [6.07, 6.45) is 1.12. The third-order valence-corrected chi connectivity index (χ3v) is 3.52. The van der Waals surface area contributed by atoms with Crippen LogP contribution in [0.15, 0.2) is 17.1 Å². The molecule has 1 aromatic heterocycles. The molecule has 0 saturated heterocycles. The van der Waals surface area contributed by atoms with Gasteiger partial charge in [0.2, 0.25) is 0 Å². The molecule has 4 nitrogen and oxygen atoms in total. The second-order valence-corrected chi connectivity index (χ2v) is 5.89. The Kier molecular flexibility index (Phi) is 6.75. The molecule has 0 unspecified atom stereocenters. The summed E-state index contributed by atoms with van der Waals surface area (Å²) in [4.78, 5) is 9.08. The number of hydrogen-bond acceptors (Lipinski definition) is 3. The quantitative estimate of drug-likeness (QED) is 0.468. The van der Waals surface area contributed by atoms with Gasteiger partial charge in [-0.3, -0.25) is 4.99 Å². The van der Waals surface area contributed by atoms with Crippen molar-refractivity contribution in [2.45, 2.75) is 19.9 Å². The van der Waals surface area contributed by atoms with Crippen LogP contribution in [0.25, 0.3) is 0 Å². The van der Waals surface area contributed by atoms with E-state index in [0.29, 0.717) is 0 Å². The Bertz CT molecular complexity index is 371. The number of aliphatic imine (C=N–C) groups is 1. The number of rotatable bonds is 6. The van der Waals surface area contributed by atoms with Crippen molar-refractivity contribution in [2.75, 3.05) is 34.2 Å². The lowest BCUT2D eigenvalue weighted by atomic mass is 10.4. The van der Waals surface area contributed by atoms with Crippen LogP contribution in [0.1, 0.15) is 16.2 Å². The largest absolute Gasteiger partial charge is 0.356 e. The first-order valence-electron chi connectivity index (χ1n) is 6.26. The zero-order valence-corrected chi connectivity index (χ0v) is 12.6. The highest BCUT2D eigenvalue weighted by molar-refractivity contribution is 7.11. The molecule has 1 rings (SSSR count). The third-order valence-electron chi connectivity index (χ3n) is 2.52. The van der Waals surface area contributed by atoms with Crippen molar-refractivity contribution in [3.63, 3.8) is 0 Å². The minimum atomic E-state index is 0.839. The smallest absolute Gasteiger partial charge is 0.191 e. The number of nitrogens with zero attached hydrogens (tertiary/aromatic N) is 2. The maximum atomic E-state index is 4.21. The van der Waals surface area contributed by atoms with Crippen molar-refractivity contribution < 1.29 is 0 Å². The fourth-order valence-electron chi connectivity index (χ4n) is 1.57. The number of nitrogens with one attached hydrogen (secondary N) is 2. The Morgan fingerprint density at radius 3 is 2.67 bits per heavy atom. The molecule has 0 aromatic carbocycles. The second-order valence-electron chi connectivity index (χ2n) is 4.52. The molecule has 2 N–H and O–H groups in total. The van der Waals surface area contributed by atoms with Gasteiger partial charge in [0.15, 0.2) is 5.96 Å². The van der Waals surface area contributed by atoms with E-state index >= 15 is 0 Å². The standard InChI is InChI=1S/C13H24N4S/c1-11-6-7-12(18-11)10-16-13(14-2)15-8-5-9-17(3)4/h6-7H,5,8-10H2,1-4H3,(H2,14,15,16). The van der Waals surface area contributed by atoms with Crippen LogP contribution >= 0.6 is 11.3 Å². The molecule has 0 aliphatic rings. The van der Waals surface area contributed by atoms with Crippen molar-refractivity contribution in [1.29, 1.82) is 0 Å². The molecule has 0 spiro atoms. The first-order chi connectivity index (χ1) is 8.61. The molecule has 1 aromatic rings. The second kappa shape index (κ2) is 8.11. The molecule has 0 amide bonds. The van der Waals surface area contributed by atoms with Gasteiger partial charge in [-0.1, -0.05) is 0 Å². The molecule has 0 aliphatic heterocycles. The molecule has 1 heterocycles. The highest BCUT2D eigenvalue weighted by atomic mass is 32.1. The lowest BCUT2D eigenvalue weighted by molar-refractivity contribution is 0.399. The third kappa shape index (κ3) is 6.02. The minimum absolute atomic E-state index is 0.839. The normalized spacial score (nSPS) is 11.9. The van der Waals surface area contributed by atoms with E-state index in [1.165, 1.54) is 9.75 Å². The molecule has 18 heavy (non-hydrogen) atoms. The molecule has 0 atom stereocenters. The van der Waals surface area contributed by atoms with Crippen molar-refractivity contribution in [3.8, 4) is 0 Å². The fourth-order valence-corrected chi connectivity index (χ4v) is 2.40. The Hall–Kier alpha value is -1.07. The molecule has 5 heteroatoms. The highest BCUT2D eigenvalue weighted by Gasteiger charge is 2.00. The van der Waals surface area contributed by atoms with Crippen LogP contribution in [-0.4, -0.2) is 45.1 Å². The van der Waals surface area contributed by atoms with E-state index in [9.17, 15) is 0 Å². The maximum absolute atomic E-state index is 4.21. The lowest BCUT2D eigenvalue weighted by Gasteiger charge is -2.13. The molecule has 0 fully saturated rings. The first kappa shape index (κ1) is 15.0. The SMILES string of the molecule is CN=C(NCCCN(C)C)NCc1ccc(C)s1. The van der Waals surface area contributed by atoms with E-state index in [0.717, 1.165) is 32.0 Å². The molecular formula is C13H24N4S. The molecule has 0 radical (unpaired) electrons. The van der Waals surface area contributed by atoms with E-state index in [4.69, 9.17) is 0 Å². The van der Waals surface area contributed by atoms with Crippen molar-refractivity contribution in [1.82, 2.24) is 15.5 Å². The van der Waals surface area contributed by atoms with Crippen LogP contribution in [0.4, 0.5) is 0 Å². The molecule has 0 saturated carbocycles. The summed E-state index contributed by atoms with van der Waals surface area (Å²) in [6, 6.07) is 4.31. The summed E-state index contributed by atoms with van der Waals surface area (Å²) in [5.41, 5.74) is 0. The van der Waals surface area contributed by atoms with Crippen molar-refractivity contribution in [3.05, 3.63) is 21.9 Å². The maximum Gasteiger partial charge on any atom is 0.191 e. The van der Waals surface area contributed by atoms with Gasteiger partial charge in [0.25, 0.3) is 0 Å². The van der Waals surface area contributed by atoms with Gasteiger partial charge in [-0.05, 0) is 46.1 Å². The van der Waals surface area contributed by atoms with Gasteiger partial charge >= 0.3 is 0 Å². The van der Waals surface area contributed by atoms with Gasteiger partial charge in [0, 0.05) is 23.3 Å². The minimum Gasteiger partial charge on any atom is -0.356 e. The van der Waals surface area contributed by atoms with Gasteiger partial charge in [-0.15, -0.1) is 11.3 Å². The summed E-state index contributed by atoms with van der Waals surface area (Å²) in [5.74, 6) is 0.875. The summed E-state index contributed by atoms with van der Waals surface area (Å²) in [6.45, 7) is 5.00. The van der Waals surface area contributed by atoms with Crippen molar-refractivity contribution >= 4 is 17.3 Å². The molecule has 0 bridgehead atoms. The Morgan fingerprint density at radius 2 is 2.11 bits per heavy atom. The molecule has 102 valence electrons. The summed E-state index contributed by atoms with van der Waals surface area (Å²) < 4.78 is 0. The first-order valence-corrected chi connectivity index (χ1v) is 7.08. The van der Waals surface area contributed by atoms with Crippen LogP contribution in [0.3, 0.4) is 0 Å². The van der Waals surface area contributed by atoms with E-state index in [1.54, 1.807) is 7.05 Å². The van der Waals surface area contributed by atoms with Crippen LogP contribution in [0.2, 0.25) is 0 Å². The van der Waals surface area contributed by atoms with Crippen LogP contribution in [0, 0.1) is 6.92 Å². The van der Waals surface area contributed by atoms with Crippen LogP contribution in [0.5, 0.6) is 0 Å². The van der Waals surface area contributed by atoms with E-state index in [1.807, 2.05) is 11.3 Å². The summed E-state index contributed by atoms with van der Waals surface area (Å²) in [7, 11) is 5.99. The van der Waals surface area contributed by atoms with Crippen molar-refractivity contribution in [2.24, 2.45) is 4.99 Å². The average Bonchev–Trinajstić information content (AvgIpc) is 2.74. The number of aryl methyl sites for hydroxylation is 1. The zero-order valence-electron chi connectivity index (χ0n) is 11.8. The Labute approximate surface area is 114 Å². The zero-order chi connectivity index (χ0) is 13.4. The van der Waals surface area contributed by atoms with E-state index in [2.05, 4.69) is 53.7 Å².